The summed E-state index contributed by atoms with van der Waals surface area (Å²) in [6, 6.07) is 2.48. The van der Waals surface area contributed by atoms with Crippen molar-refractivity contribution >= 4 is 33.3 Å². The van der Waals surface area contributed by atoms with Gasteiger partial charge in [0.1, 0.15) is 17.4 Å². The zero-order valence-corrected chi connectivity index (χ0v) is 11.6. The van der Waals surface area contributed by atoms with Crippen LogP contribution in [0.5, 0.6) is 0 Å². The first-order chi connectivity index (χ1) is 7.97. The van der Waals surface area contributed by atoms with Crippen LogP contribution in [-0.4, -0.2) is 11.7 Å². The summed E-state index contributed by atoms with van der Waals surface area (Å²) in [7, 11) is 0. The molecule has 17 heavy (non-hydrogen) atoms. The molecule has 0 aromatic heterocycles. The standard InChI is InChI=1S/C12H12BrClF2O/c1-7(17)8(4-5-14)6-9-11(15)3-2-10(13)12(9)16/h2-3,8H,4-6H2,1H3. The molecule has 5 heteroatoms. The maximum atomic E-state index is 13.7. The van der Waals surface area contributed by atoms with E-state index in [2.05, 4.69) is 15.9 Å². The smallest absolute Gasteiger partial charge is 0.143 e. The van der Waals surface area contributed by atoms with Crippen LogP contribution in [0.25, 0.3) is 0 Å². The zero-order valence-electron chi connectivity index (χ0n) is 9.27. The van der Waals surface area contributed by atoms with Crippen LogP contribution in [0.1, 0.15) is 18.9 Å². The number of rotatable bonds is 5. The largest absolute Gasteiger partial charge is 0.300 e. The van der Waals surface area contributed by atoms with Crippen LogP contribution in [0.4, 0.5) is 8.78 Å². The maximum Gasteiger partial charge on any atom is 0.143 e. The minimum atomic E-state index is -0.647. The Morgan fingerprint density at radius 3 is 2.65 bits per heavy atom. The summed E-state index contributed by atoms with van der Waals surface area (Å²) < 4.78 is 27.4. The van der Waals surface area contributed by atoms with Gasteiger partial charge in [0.15, 0.2) is 0 Å². The van der Waals surface area contributed by atoms with Gasteiger partial charge < -0.3 is 0 Å². The van der Waals surface area contributed by atoms with Gasteiger partial charge in [0.25, 0.3) is 0 Å². The van der Waals surface area contributed by atoms with E-state index >= 15 is 0 Å². The molecule has 1 unspecified atom stereocenters. The molecule has 1 aromatic rings. The molecule has 0 N–H and O–H groups in total. The van der Waals surface area contributed by atoms with Gasteiger partial charge in [-0.3, -0.25) is 4.79 Å². The van der Waals surface area contributed by atoms with E-state index in [1.54, 1.807) is 0 Å². The molecular weight excluding hydrogens is 313 g/mol. The number of alkyl halides is 1. The van der Waals surface area contributed by atoms with Crippen molar-refractivity contribution in [1.29, 1.82) is 0 Å². The average molecular weight is 326 g/mol. The van der Waals surface area contributed by atoms with Crippen LogP contribution >= 0.6 is 27.5 Å². The molecule has 0 amide bonds. The van der Waals surface area contributed by atoms with Crippen LogP contribution in [-0.2, 0) is 11.2 Å². The van der Waals surface area contributed by atoms with Crippen LogP contribution < -0.4 is 0 Å². The minimum Gasteiger partial charge on any atom is -0.300 e. The Balaban J connectivity index is 3.00. The predicted molar refractivity (Wildman–Crippen MR) is 67.3 cm³/mol. The number of halogens is 4. The van der Waals surface area contributed by atoms with Gasteiger partial charge in [0.2, 0.25) is 0 Å². The van der Waals surface area contributed by atoms with E-state index in [9.17, 15) is 13.6 Å². The van der Waals surface area contributed by atoms with E-state index in [0.717, 1.165) is 0 Å². The number of hydrogen-bond acceptors (Lipinski definition) is 1. The van der Waals surface area contributed by atoms with E-state index in [-0.39, 0.29) is 22.2 Å². The fraction of sp³-hybridized carbons (Fsp3) is 0.417. The summed E-state index contributed by atoms with van der Waals surface area (Å²) in [4.78, 5) is 11.3. The van der Waals surface area contributed by atoms with E-state index in [4.69, 9.17) is 11.6 Å². The molecule has 1 aromatic carbocycles. The predicted octanol–water partition coefficient (Wildman–Crippen LogP) is 4.10. The molecule has 0 aliphatic heterocycles. The molecule has 0 saturated carbocycles. The van der Waals surface area contributed by atoms with Gasteiger partial charge in [-0.05, 0) is 47.8 Å². The van der Waals surface area contributed by atoms with Crippen molar-refractivity contribution in [2.24, 2.45) is 5.92 Å². The van der Waals surface area contributed by atoms with Crippen molar-refractivity contribution in [3.05, 3.63) is 33.8 Å². The van der Waals surface area contributed by atoms with Gasteiger partial charge in [-0.25, -0.2) is 8.78 Å². The zero-order chi connectivity index (χ0) is 13.0. The van der Waals surface area contributed by atoms with Gasteiger partial charge in [-0.2, -0.15) is 0 Å². The van der Waals surface area contributed by atoms with Crippen molar-refractivity contribution in [1.82, 2.24) is 0 Å². The fourth-order valence-electron chi connectivity index (χ4n) is 1.58. The van der Waals surface area contributed by atoms with Crippen LogP contribution in [0.15, 0.2) is 16.6 Å². The lowest BCUT2D eigenvalue weighted by Crippen LogP contribution is -2.16. The second-order valence-corrected chi connectivity index (χ2v) is 5.04. The number of hydrogen-bond donors (Lipinski definition) is 0. The number of Topliss-reactive ketones (excluding diaryl/α,β-unsaturated/α-hetero) is 1. The van der Waals surface area contributed by atoms with Crippen molar-refractivity contribution in [3.63, 3.8) is 0 Å². The quantitative estimate of drug-likeness (QED) is 0.588. The first-order valence-electron chi connectivity index (χ1n) is 5.16. The summed E-state index contributed by atoms with van der Waals surface area (Å²) in [5.74, 6) is -1.53. The molecule has 0 fully saturated rings. The molecule has 94 valence electrons. The SMILES string of the molecule is CC(=O)C(CCCl)Cc1c(F)ccc(Br)c1F. The summed E-state index contributed by atoms with van der Waals surface area (Å²) in [5, 5.41) is 0. The Morgan fingerprint density at radius 2 is 2.12 bits per heavy atom. The Bertz CT molecular complexity index is 423. The van der Waals surface area contributed by atoms with Gasteiger partial charge in [0, 0.05) is 17.4 Å². The van der Waals surface area contributed by atoms with Gasteiger partial charge in [-0.1, -0.05) is 0 Å². The van der Waals surface area contributed by atoms with Crippen LogP contribution in [0, 0.1) is 17.6 Å². The molecule has 0 spiro atoms. The van der Waals surface area contributed by atoms with E-state index < -0.39 is 17.6 Å². The Kier molecular flexibility index (Phi) is 5.53. The first kappa shape index (κ1) is 14.6. The molecule has 0 bridgehead atoms. The lowest BCUT2D eigenvalue weighted by molar-refractivity contribution is -0.120. The molecule has 0 aliphatic rings. The number of carbonyl (C=O) groups excluding carboxylic acids is 1. The molecule has 1 atom stereocenters. The summed E-state index contributed by atoms with van der Waals surface area (Å²) in [6.45, 7) is 1.41. The molecule has 0 aliphatic carbocycles. The molecule has 0 radical (unpaired) electrons. The maximum absolute atomic E-state index is 13.7. The van der Waals surface area contributed by atoms with Crippen molar-refractivity contribution in [2.75, 3.05) is 5.88 Å². The third-order valence-corrected chi connectivity index (χ3v) is 3.45. The lowest BCUT2D eigenvalue weighted by Gasteiger charge is -2.14. The topological polar surface area (TPSA) is 17.1 Å². The van der Waals surface area contributed by atoms with E-state index in [1.165, 1.54) is 19.1 Å². The average Bonchev–Trinajstić information content (AvgIpc) is 2.28. The van der Waals surface area contributed by atoms with Crippen LogP contribution in [0.2, 0.25) is 0 Å². The molecule has 0 saturated heterocycles. The highest BCUT2D eigenvalue weighted by molar-refractivity contribution is 9.10. The first-order valence-corrected chi connectivity index (χ1v) is 6.49. The highest BCUT2D eigenvalue weighted by Gasteiger charge is 2.20. The normalized spacial score (nSPS) is 12.5. The summed E-state index contributed by atoms with van der Waals surface area (Å²) in [5.41, 5.74) is -0.0651. The summed E-state index contributed by atoms with van der Waals surface area (Å²) in [6.07, 6.45) is 0.460. The second-order valence-electron chi connectivity index (χ2n) is 3.81. The van der Waals surface area contributed by atoms with E-state index in [0.29, 0.717) is 12.3 Å². The van der Waals surface area contributed by atoms with Gasteiger partial charge in [0.05, 0.1) is 4.47 Å². The Morgan fingerprint density at radius 1 is 1.47 bits per heavy atom. The third-order valence-electron chi connectivity index (χ3n) is 2.62. The molecule has 1 nitrogen and oxygen atoms in total. The number of benzene rings is 1. The summed E-state index contributed by atoms with van der Waals surface area (Å²) >= 11 is 8.56. The number of carbonyl (C=O) groups is 1. The highest BCUT2D eigenvalue weighted by atomic mass is 79.9. The molecule has 0 heterocycles. The van der Waals surface area contributed by atoms with Crippen LogP contribution in [0.3, 0.4) is 0 Å². The van der Waals surface area contributed by atoms with Gasteiger partial charge in [-0.15, -0.1) is 11.6 Å². The van der Waals surface area contributed by atoms with Crippen molar-refractivity contribution in [3.8, 4) is 0 Å². The number of ketones is 1. The lowest BCUT2D eigenvalue weighted by atomic mass is 9.93. The Labute approximate surface area is 112 Å². The van der Waals surface area contributed by atoms with Crippen molar-refractivity contribution < 1.29 is 13.6 Å². The minimum absolute atomic E-state index is 0.0408. The van der Waals surface area contributed by atoms with E-state index in [1.807, 2.05) is 0 Å². The molecule has 1 rings (SSSR count). The van der Waals surface area contributed by atoms with Gasteiger partial charge >= 0.3 is 0 Å². The highest BCUT2D eigenvalue weighted by Crippen LogP contribution is 2.25. The second kappa shape index (κ2) is 6.45. The third kappa shape index (κ3) is 3.75. The Hall–Kier alpha value is -0.480. The van der Waals surface area contributed by atoms with Crippen molar-refractivity contribution in [2.45, 2.75) is 19.8 Å². The fourth-order valence-corrected chi connectivity index (χ4v) is 2.22. The molecular formula is C12H12BrClF2O. The monoisotopic (exact) mass is 324 g/mol.